The first kappa shape index (κ1) is 13.2. The Morgan fingerprint density at radius 3 is 2.90 bits per heavy atom. The summed E-state index contributed by atoms with van der Waals surface area (Å²) in [6, 6.07) is 1.00. The van der Waals surface area contributed by atoms with E-state index >= 15 is 0 Å². The summed E-state index contributed by atoms with van der Waals surface area (Å²) in [5.41, 5.74) is -0.601. The predicted molar refractivity (Wildman–Crippen MR) is 66.4 cm³/mol. The van der Waals surface area contributed by atoms with Gasteiger partial charge in [-0.2, -0.15) is 13.2 Å². The number of pyridine rings is 1. The molecule has 1 atom stereocenters. The smallest absolute Gasteiger partial charge is 0.332 e. The molecule has 8 heteroatoms. The van der Waals surface area contributed by atoms with Crippen LogP contribution in [0.1, 0.15) is 12.5 Å². The van der Waals surface area contributed by atoms with Crippen molar-refractivity contribution >= 4 is 17.4 Å². The fourth-order valence-electron chi connectivity index (χ4n) is 2.71. The molecule has 108 valence electrons. The molecule has 0 saturated carbocycles. The van der Waals surface area contributed by atoms with Gasteiger partial charge in [-0.15, -0.1) is 0 Å². The first-order valence-corrected chi connectivity index (χ1v) is 6.24. The van der Waals surface area contributed by atoms with Crippen molar-refractivity contribution < 1.29 is 18.0 Å². The van der Waals surface area contributed by atoms with Gasteiger partial charge in [-0.3, -0.25) is 9.69 Å². The van der Waals surface area contributed by atoms with Crippen LogP contribution < -0.4 is 15.1 Å². The third-order valence-corrected chi connectivity index (χ3v) is 3.56. The van der Waals surface area contributed by atoms with Crippen LogP contribution in [0.4, 0.5) is 24.7 Å². The number of carbonyl (C=O) groups excluding carboxylic acids is 1. The highest BCUT2D eigenvalue weighted by Gasteiger charge is 2.42. The number of hydrogen-bond acceptors (Lipinski definition) is 4. The molecule has 2 aliphatic heterocycles. The Bertz CT molecular complexity index is 560. The van der Waals surface area contributed by atoms with Crippen LogP contribution >= 0.6 is 0 Å². The van der Waals surface area contributed by atoms with Gasteiger partial charge in [0.25, 0.3) is 0 Å². The molecule has 20 heavy (non-hydrogen) atoms. The van der Waals surface area contributed by atoms with E-state index in [4.69, 9.17) is 0 Å². The van der Waals surface area contributed by atoms with E-state index in [1.807, 2.05) is 4.90 Å². The average Bonchev–Trinajstić information content (AvgIpc) is 2.71. The lowest BCUT2D eigenvalue weighted by Crippen LogP contribution is -2.57. The summed E-state index contributed by atoms with van der Waals surface area (Å²) < 4.78 is 38.4. The lowest BCUT2D eigenvalue weighted by atomic mass is 10.2. The average molecular weight is 286 g/mol. The number of carbonyl (C=O) groups is 1. The normalized spacial score (nSPS) is 21.7. The van der Waals surface area contributed by atoms with E-state index in [1.54, 1.807) is 0 Å². The van der Waals surface area contributed by atoms with Crippen molar-refractivity contribution in [2.75, 3.05) is 29.4 Å². The number of hydrogen-bond donors (Lipinski definition) is 1. The van der Waals surface area contributed by atoms with Gasteiger partial charge in [-0.05, 0) is 6.07 Å². The van der Waals surface area contributed by atoms with Crippen molar-refractivity contribution in [1.29, 1.82) is 0 Å². The van der Waals surface area contributed by atoms with Gasteiger partial charge in [-0.1, -0.05) is 0 Å². The summed E-state index contributed by atoms with van der Waals surface area (Å²) in [5.74, 6) is 0.156. The maximum Gasteiger partial charge on any atom is 0.417 e. The van der Waals surface area contributed by atoms with Crippen LogP contribution in [0.5, 0.6) is 0 Å². The lowest BCUT2D eigenvalue weighted by molar-refractivity contribution is -0.137. The molecule has 2 aliphatic rings. The maximum atomic E-state index is 12.8. The third kappa shape index (κ3) is 1.91. The number of amides is 1. The minimum atomic E-state index is -4.47. The Morgan fingerprint density at radius 1 is 1.50 bits per heavy atom. The fourth-order valence-corrected chi connectivity index (χ4v) is 2.71. The topological polar surface area (TPSA) is 48.5 Å². The Morgan fingerprint density at radius 2 is 2.25 bits per heavy atom. The van der Waals surface area contributed by atoms with Crippen LogP contribution in [0, 0.1) is 0 Å². The van der Waals surface area contributed by atoms with E-state index in [9.17, 15) is 18.0 Å². The molecule has 1 unspecified atom stereocenters. The second kappa shape index (κ2) is 4.34. The van der Waals surface area contributed by atoms with Crippen LogP contribution in [0.15, 0.2) is 12.3 Å². The van der Waals surface area contributed by atoms with E-state index in [2.05, 4.69) is 10.3 Å². The molecule has 1 N–H and O–H groups in total. The number of nitrogens with one attached hydrogen (secondary N) is 1. The van der Waals surface area contributed by atoms with Crippen LogP contribution in [-0.2, 0) is 11.0 Å². The Labute approximate surface area is 113 Å². The number of nitrogens with zero attached hydrogens (tertiary/aromatic N) is 3. The molecule has 1 amide bonds. The second-order valence-electron chi connectivity index (χ2n) is 4.83. The number of rotatable bonds is 0. The number of aromatic nitrogens is 1. The molecule has 3 heterocycles. The molecule has 0 spiro atoms. The first-order valence-electron chi connectivity index (χ1n) is 6.24. The molecule has 1 fully saturated rings. The fraction of sp³-hybridized carbons (Fsp3) is 0.500. The number of halogens is 3. The zero-order chi connectivity index (χ0) is 14.5. The van der Waals surface area contributed by atoms with Crippen LogP contribution in [-0.4, -0.2) is 36.7 Å². The first-order chi connectivity index (χ1) is 9.39. The van der Waals surface area contributed by atoms with Crippen LogP contribution in [0.25, 0.3) is 0 Å². The number of alkyl halides is 3. The largest absolute Gasteiger partial charge is 0.417 e. The van der Waals surface area contributed by atoms with Crippen molar-refractivity contribution in [2.45, 2.75) is 19.3 Å². The summed E-state index contributed by atoms with van der Waals surface area (Å²) in [6.07, 6.45) is -3.94. The highest BCUT2D eigenvalue weighted by molar-refractivity contribution is 5.98. The molecule has 1 aromatic heterocycles. The van der Waals surface area contributed by atoms with Gasteiger partial charge in [0.05, 0.1) is 11.3 Å². The van der Waals surface area contributed by atoms with Gasteiger partial charge in [0.1, 0.15) is 6.17 Å². The van der Waals surface area contributed by atoms with E-state index in [-0.39, 0.29) is 17.8 Å². The van der Waals surface area contributed by atoms with Crippen molar-refractivity contribution in [3.05, 3.63) is 17.8 Å². The Kier molecular flexibility index (Phi) is 2.86. The van der Waals surface area contributed by atoms with E-state index in [1.165, 1.54) is 11.8 Å². The zero-order valence-corrected chi connectivity index (χ0v) is 10.7. The van der Waals surface area contributed by atoms with Gasteiger partial charge < -0.3 is 10.2 Å². The van der Waals surface area contributed by atoms with Gasteiger partial charge in [0, 0.05) is 32.8 Å². The van der Waals surface area contributed by atoms with Gasteiger partial charge in [0.2, 0.25) is 5.91 Å². The lowest BCUT2D eigenvalue weighted by Gasteiger charge is -2.34. The van der Waals surface area contributed by atoms with E-state index in [0.717, 1.165) is 12.3 Å². The number of fused-ring (bicyclic) bond motifs is 3. The number of piperazine rings is 1. The molecule has 0 bridgehead atoms. The molecule has 0 aromatic carbocycles. The third-order valence-electron chi connectivity index (χ3n) is 3.56. The second-order valence-corrected chi connectivity index (χ2v) is 4.83. The predicted octanol–water partition coefficient (Wildman–Crippen LogP) is 1.20. The SMILES string of the molecule is CC(=O)N1c2cc(C(F)(F)F)cnc2N2CCNCC21. The summed E-state index contributed by atoms with van der Waals surface area (Å²) in [7, 11) is 0. The van der Waals surface area contributed by atoms with Gasteiger partial charge >= 0.3 is 6.18 Å². The highest BCUT2D eigenvalue weighted by atomic mass is 19.4. The molecular formula is C12H13F3N4O. The van der Waals surface area contributed by atoms with Gasteiger partial charge in [-0.25, -0.2) is 4.98 Å². The molecule has 3 rings (SSSR count). The van der Waals surface area contributed by atoms with Crippen LogP contribution in [0.3, 0.4) is 0 Å². The molecular weight excluding hydrogens is 273 g/mol. The van der Waals surface area contributed by atoms with Crippen molar-refractivity contribution in [3.8, 4) is 0 Å². The van der Waals surface area contributed by atoms with Crippen molar-refractivity contribution in [2.24, 2.45) is 0 Å². The molecule has 0 aliphatic carbocycles. The van der Waals surface area contributed by atoms with E-state index < -0.39 is 11.7 Å². The maximum absolute atomic E-state index is 12.8. The molecule has 1 aromatic rings. The van der Waals surface area contributed by atoms with Gasteiger partial charge in [0.15, 0.2) is 5.82 Å². The summed E-state index contributed by atoms with van der Waals surface area (Å²) in [6.45, 7) is 3.18. The van der Waals surface area contributed by atoms with Crippen molar-refractivity contribution in [3.63, 3.8) is 0 Å². The quantitative estimate of drug-likeness (QED) is 0.778. The van der Waals surface area contributed by atoms with E-state index in [0.29, 0.717) is 25.5 Å². The highest BCUT2D eigenvalue weighted by Crippen LogP contribution is 2.41. The minimum absolute atomic E-state index is 0.237. The Hall–Kier alpha value is -1.83. The Balaban J connectivity index is 2.10. The summed E-state index contributed by atoms with van der Waals surface area (Å²) >= 11 is 0. The standard InChI is InChI=1S/C12H13F3N4O/c1-7(20)19-9-4-8(12(13,14)15)5-17-11(9)18-3-2-16-6-10(18)19/h4-5,10,16H,2-3,6H2,1H3. The van der Waals surface area contributed by atoms with Crippen molar-refractivity contribution in [1.82, 2.24) is 10.3 Å². The zero-order valence-electron chi connectivity index (χ0n) is 10.7. The number of anilines is 2. The van der Waals surface area contributed by atoms with Crippen LogP contribution in [0.2, 0.25) is 0 Å². The summed E-state index contributed by atoms with van der Waals surface area (Å²) in [5, 5.41) is 3.14. The minimum Gasteiger partial charge on any atom is -0.332 e. The molecule has 5 nitrogen and oxygen atoms in total. The monoisotopic (exact) mass is 286 g/mol. The summed E-state index contributed by atoms with van der Waals surface area (Å²) in [4.78, 5) is 19.0. The molecule has 0 radical (unpaired) electrons. The molecule has 1 saturated heterocycles.